The van der Waals surface area contributed by atoms with Crippen LogP contribution in [0.15, 0.2) is 0 Å². The number of hydrogen-bond donors (Lipinski definition) is 3. The average Bonchev–Trinajstić information content (AvgIpc) is 1.92. The minimum atomic E-state index is -2.50. The van der Waals surface area contributed by atoms with Crippen molar-refractivity contribution in [2.75, 3.05) is 0 Å². The summed E-state index contributed by atoms with van der Waals surface area (Å²) in [5.41, 5.74) is 0. The number of rotatable bonds is 6. The smallest absolute Gasteiger partial charge is 0.275 e. The molecule has 0 aliphatic carbocycles. The highest BCUT2D eigenvalue weighted by Crippen LogP contribution is 2.38. The van der Waals surface area contributed by atoms with E-state index >= 15 is 0 Å². The Morgan fingerprint density at radius 1 is 0.714 bits per heavy atom. The number of aliphatic hydroxyl groups is 3. The first-order valence-electron chi connectivity index (χ1n) is 4.44. The number of halogens is 3. The Morgan fingerprint density at radius 3 is 1.50 bits per heavy atom. The van der Waals surface area contributed by atoms with Gasteiger partial charge in [0.05, 0.1) is 0 Å². The van der Waals surface area contributed by atoms with Crippen LogP contribution in [0.4, 0.5) is 0 Å². The molecular formula is C8H15Br3O3. The van der Waals surface area contributed by atoms with Crippen molar-refractivity contribution in [3.63, 3.8) is 0 Å². The second-order valence-corrected chi connectivity index (χ2v) is 10.6. The molecule has 0 rings (SSSR count). The predicted octanol–water partition coefficient (Wildman–Crippen LogP) is 2.80. The first-order valence-corrected chi connectivity index (χ1v) is 6.82. The van der Waals surface area contributed by atoms with Gasteiger partial charge >= 0.3 is 0 Å². The van der Waals surface area contributed by atoms with Crippen molar-refractivity contribution < 1.29 is 15.3 Å². The fourth-order valence-electron chi connectivity index (χ4n) is 1.04. The summed E-state index contributed by atoms with van der Waals surface area (Å²) in [6.45, 7) is 0. The Morgan fingerprint density at radius 2 is 1.14 bits per heavy atom. The summed E-state index contributed by atoms with van der Waals surface area (Å²) in [5, 5.41) is 25.8. The minimum absolute atomic E-state index is 0.00901. The Bertz CT molecular complexity index is 133. The molecule has 6 heteroatoms. The molecule has 0 aliphatic heterocycles. The lowest BCUT2D eigenvalue weighted by atomic mass is 10.1. The molecule has 0 atom stereocenters. The molecule has 0 aromatic rings. The molecule has 0 saturated heterocycles. The molecule has 86 valence electrons. The number of unbranched alkanes of at least 4 members (excludes halogenated alkanes) is 3. The maximum atomic E-state index is 8.59. The molecule has 0 aromatic heterocycles. The number of alkyl halides is 3. The average molecular weight is 399 g/mol. The van der Waals surface area contributed by atoms with Crippen molar-refractivity contribution >= 4 is 47.8 Å². The number of hydrogen-bond acceptors (Lipinski definition) is 3. The van der Waals surface area contributed by atoms with E-state index in [2.05, 4.69) is 47.8 Å². The van der Waals surface area contributed by atoms with E-state index in [0.717, 1.165) is 25.7 Å². The zero-order valence-corrected chi connectivity index (χ0v) is 12.5. The predicted molar refractivity (Wildman–Crippen MR) is 66.6 cm³/mol. The normalized spacial score (nSPS) is 13.3. The summed E-state index contributed by atoms with van der Waals surface area (Å²) in [5.74, 6) is -2.50. The monoisotopic (exact) mass is 396 g/mol. The van der Waals surface area contributed by atoms with Gasteiger partial charge in [-0.05, 0) is 12.8 Å². The second-order valence-electron chi connectivity index (χ2n) is 3.30. The highest BCUT2D eigenvalue weighted by molar-refractivity contribution is 9.39. The second kappa shape index (κ2) is 6.81. The summed E-state index contributed by atoms with van der Waals surface area (Å²) in [6, 6.07) is 0. The van der Waals surface area contributed by atoms with Gasteiger partial charge in [-0.3, -0.25) is 0 Å². The first-order chi connectivity index (χ1) is 6.21. The van der Waals surface area contributed by atoms with Crippen LogP contribution in [0.3, 0.4) is 0 Å². The van der Waals surface area contributed by atoms with E-state index in [0.29, 0.717) is 6.42 Å². The van der Waals surface area contributed by atoms with Crippen molar-refractivity contribution in [3.05, 3.63) is 0 Å². The van der Waals surface area contributed by atoms with E-state index < -0.39 is 5.97 Å². The lowest BCUT2D eigenvalue weighted by molar-refractivity contribution is -0.315. The van der Waals surface area contributed by atoms with E-state index in [1.54, 1.807) is 0 Å². The minimum Gasteiger partial charge on any atom is -0.344 e. The van der Waals surface area contributed by atoms with E-state index in [4.69, 9.17) is 15.3 Å². The summed E-state index contributed by atoms with van der Waals surface area (Å²) in [6.07, 6.45) is 4.47. The van der Waals surface area contributed by atoms with E-state index in [-0.39, 0.29) is 8.56 Å². The van der Waals surface area contributed by atoms with Crippen LogP contribution in [-0.2, 0) is 0 Å². The zero-order valence-electron chi connectivity index (χ0n) is 7.72. The molecule has 0 fully saturated rings. The van der Waals surface area contributed by atoms with Gasteiger partial charge in [-0.25, -0.2) is 0 Å². The van der Waals surface area contributed by atoms with Crippen molar-refractivity contribution in [3.8, 4) is 0 Å². The van der Waals surface area contributed by atoms with Crippen LogP contribution in [0, 0.1) is 0 Å². The SMILES string of the molecule is OC(O)(O)CCCCCCC(Br)(Br)Br. The molecule has 0 spiro atoms. The van der Waals surface area contributed by atoms with Gasteiger partial charge in [0.25, 0.3) is 5.97 Å². The van der Waals surface area contributed by atoms with Gasteiger partial charge < -0.3 is 15.3 Å². The van der Waals surface area contributed by atoms with Crippen LogP contribution in [0.25, 0.3) is 0 Å². The summed E-state index contributed by atoms with van der Waals surface area (Å²) < 4.78 is -0.179. The van der Waals surface area contributed by atoms with Gasteiger partial charge in [0.2, 0.25) is 0 Å². The lowest BCUT2D eigenvalue weighted by Crippen LogP contribution is -2.26. The van der Waals surface area contributed by atoms with Crippen LogP contribution < -0.4 is 0 Å². The van der Waals surface area contributed by atoms with Gasteiger partial charge in [-0.15, -0.1) is 0 Å². The van der Waals surface area contributed by atoms with Crippen LogP contribution in [0.1, 0.15) is 38.5 Å². The van der Waals surface area contributed by atoms with Gasteiger partial charge in [0, 0.05) is 6.42 Å². The van der Waals surface area contributed by atoms with Crippen LogP contribution in [-0.4, -0.2) is 23.4 Å². The molecule has 3 N–H and O–H groups in total. The largest absolute Gasteiger partial charge is 0.344 e. The summed E-state index contributed by atoms with van der Waals surface area (Å²) in [7, 11) is 0. The molecule has 0 amide bonds. The zero-order chi connectivity index (χ0) is 11.2. The van der Waals surface area contributed by atoms with Crippen molar-refractivity contribution in [1.82, 2.24) is 0 Å². The quantitative estimate of drug-likeness (QED) is 0.366. The molecule has 0 heterocycles. The van der Waals surface area contributed by atoms with Gasteiger partial charge in [0.1, 0.15) is 2.14 Å². The van der Waals surface area contributed by atoms with Crippen LogP contribution >= 0.6 is 47.8 Å². The summed E-state index contributed by atoms with van der Waals surface area (Å²) >= 11 is 10.2. The van der Waals surface area contributed by atoms with Crippen molar-refractivity contribution in [2.45, 2.75) is 46.6 Å². The van der Waals surface area contributed by atoms with E-state index in [9.17, 15) is 0 Å². The molecule has 0 unspecified atom stereocenters. The fourth-order valence-corrected chi connectivity index (χ4v) is 1.88. The lowest BCUT2D eigenvalue weighted by Gasteiger charge is -2.14. The maximum absolute atomic E-state index is 8.59. The standard InChI is InChI=1S/C8H15Br3O3/c9-7(10,11)5-3-1-2-4-6-8(12,13)14/h12-14H,1-6H2. The Balaban J connectivity index is 3.23. The highest BCUT2D eigenvalue weighted by Gasteiger charge is 2.18. The Labute approximate surface area is 109 Å². The molecule has 0 aliphatic rings. The van der Waals surface area contributed by atoms with E-state index in [1.807, 2.05) is 0 Å². The third-order valence-electron chi connectivity index (χ3n) is 1.72. The Hall–Kier alpha value is 1.32. The van der Waals surface area contributed by atoms with Gasteiger partial charge in [0.15, 0.2) is 0 Å². The molecule has 14 heavy (non-hydrogen) atoms. The summed E-state index contributed by atoms with van der Waals surface area (Å²) in [4.78, 5) is 0. The molecule has 0 radical (unpaired) electrons. The molecule has 0 bridgehead atoms. The van der Waals surface area contributed by atoms with Crippen molar-refractivity contribution in [2.24, 2.45) is 0 Å². The first kappa shape index (κ1) is 15.3. The van der Waals surface area contributed by atoms with Crippen molar-refractivity contribution in [1.29, 1.82) is 0 Å². The van der Waals surface area contributed by atoms with Crippen LogP contribution in [0.5, 0.6) is 0 Å². The third kappa shape index (κ3) is 13.3. The topological polar surface area (TPSA) is 60.7 Å². The van der Waals surface area contributed by atoms with E-state index in [1.165, 1.54) is 0 Å². The van der Waals surface area contributed by atoms with Crippen LogP contribution in [0.2, 0.25) is 0 Å². The molecule has 0 saturated carbocycles. The molecule has 3 nitrogen and oxygen atoms in total. The third-order valence-corrected chi connectivity index (χ3v) is 2.91. The van der Waals surface area contributed by atoms with Gasteiger partial charge in [-0.1, -0.05) is 67.1 Å². The molecule has 0 aromatic carbocycles. The Kier molecular flexibility index (Phi) is 7.45. The highest BCUT2D eigenvalue weighted by atomic mass is 80.0. The molecular weight excluding hydrogens is 384 g/mol. The van der Waals surface area contributed by atoms with Gasteiger partial charge in [-0.2, -0.15) is 0 Å². The maximum Gasteiger partial charge on any atom is 0.275 e. The fraction of sp³-hybridized carbons (Fsp3) is 1.00.